The third kappa shape index (κ3) is 5.73. The molecule has 0 unspecified atom stereocenters. The number of nitrogens with zero attached hydrogens (tertiary/aromatic N) is 3. The van der Waals surface area contributed by atoms with Crippen molar-refractivity contribution >= 4 is 28.6 Å². The van der Waals surface area contributed by atoms with Gasteiger partial charge in [0.15, 0.2) is 0 Å². The first-order chi connectivity index (χ1) is 20.3. The van der Waals surface area contributed by atoms with Crippen molar-refractivity contribution < 1.29 is 27.8 Å². The van der Waals surface area contributed by atoms with E-state index in [0.717, 1.165) is 0 Å². The highest BCUT2D eigenvalue weighted by Crippen LogP contribution is 2.27. The number of halogens is 3. The van der Waals surface area contributed by atoms with Gasteiger partial charge in [0.1, 0.15) is 29.8 Å². The number of ether oxygens (including phenoxy) is 1. The molecule has 0 amide bonds. The number of hydrogen-bond acceptors (Lipinski definition) is 5. The number of pyridine rings is 1. The average Bonchev–Trinajstić information content (AvgIpc) is 3.61. The van der Waals surface area contributed by atoms with Crippen LogP contribution in [0.15, 0.2) is 95.6 Å². The third-order valence-corrected chi connectivity index (χ3v) is 7.01. The summed E-state index contributed by atoms with van der Waals surface area (Å²) in [6.45, 7) is 0.262. The Kier molecular flexibility index (Phi) is 7.41. The molecule has 0 saturated carbocycles. The topological polar surface area (TPSA) is 90.4 Å². The maximum Gasteiger partial charge on any atom is 0.335 e. The number of benzene rings is 3. The van der Waals surface area contributed by atoms with Crippen LogP contribution in [0.25, 0.3) is 22.3 Å². The summed E-state index contributed by atoms with van der Waals surface area (Å²) in [6, 6.07) is 22.5. The Labute approximate surface area is 243 Å². The van der Waals surface area contributed by atoms with Gasteiger partial charge in [-0.2, -0.15) is 0 Å². The molecule has 0 fully saturated rings. The first kappa shape index (κ1) is 27.2. The molecule has 0 aliphatic carbocycles. The molecule has 0 atom stereocenters. The van der Waals surface area contributed by atoms with Gasteiger partial charge in [0, 0.05) is 28.6 Å². The van der Waals surface area contributed by atoms with Crippen molar-refractivity contribution in [2.45, 2.75) is 19.6 Å². The van der Waals surface area contributed by atoms with Crippen molar-refractivity contribution in [1.82, 2.24) is 14.5 Å². The molecule has 0 aliphatic heterocycles. The summed E-state index contributed by atoms with van der Waals surface area (Å²) < 4.78 is 42.6. The highest BCUT2D eigenvalue weighted by atomic mass is 35.5. The number of hydrogen-bond donors (Lipinski definition) is 1. The van der Waals surface area contributed by atoms with Crippen LogP contribution in [-0.2, 0) is 19.6 Å². The van der Waals surface area contributed by atoms with E-state index in [9.17, 15) is 14.3 Å². The Bertz CT molecular complexity index is 1920. The summed E-state index contributed by atoms with van der Waals surface area (Å²) in [5.74, 6) is -0.509. The van der Waals surface area contributed by atoms with Gasteiger partial charge >= 0.3 is 5.97 Å². The molecule has 6 rings (SSSR count). The van der Waals surface area contributed by atoms with E-state index in [1.807, 2.05) is 10.6 Å². The number of aromatic carboxylic acids is 1. The van der Waals surface area contributed by atoms with Gasteiger partial charge < -0.3 is 18.8 Å². The van der Waals surface area contributed by atoms with Gasteiger partial charge in [-0.05, 0) is 60.2 Å². The molecule has 7 nitrogen and oxygen atoms in total. The molecule has 3 aromatic carbocycles. The quantitative estimate of drug-likeness (QED) is 0.188. The van der Waals surface area contributed by atoms with Gasteiger partial charge in [-0.15, -0.1) is 0 Å². The maximum absolute atomic E-state index is 15.5. The number of rotatable bonds is 9. The van der Waals surface area contributed by atoms with Crippen LogP contribution in [0.4, 0.5) is 8.78 Å². The van der Waals surface area contributed by atoms with Gasteiger partial charge in [0.25, 0.3) is 0 Å². The molecule has 0 saturated heterocycles. The second-order valence-electron chi connectivity index (χ2n) is 9.57. The molecule has 42 heavy (non-hydrogen) atoms. The molecular formula is C32H22ClF2N3O4. The van der Waals surface area contributed by atoms with Crippen LogP contribution in [0.3, 0.4) is 0 Å². The number of imidazole rings is 1. The van der Waals surface area contributed by atoms with Crippen molar-refractivity contribution in [2.75, 3.05) is 0 Å². The lowest BCUT2D eigenvalue weighted by Crippen LogP contribution is -2.07. The summed E-state index contributed by atoms with van der Waals surface area (Å²) in [7, 11) is 0. The van der Waals surface area contributed by atoms with Crippen molar-refractivity contribution in [3.63, 3.8) is 0 Å². The third-order valence-electron chi connectivity index (χ3n) is 6.78. The van der Waals surface area contributed by atoms with Crippen molar-refractivity contribution in [3.8, 4) is 17.1 Å². The minimum absolute atomic E-state index is 0.0419. The Morgan fingerprint density at radius 3 is 2.52 bits per heavy atom. The second kappa shape index (κ2) is 11.5. The Hall–Kier alpha value is -5.02. The predicted molar refractivity (Wildman–Crippen MR) is 153 cm³/mol. The van der Waals surface area contributed by atoms with E-state index in [4.69, 9.17) is 20.8 Å². The zero-order valence-electron chi connectivity index (χ0n) is 21.9. The van der Waals surface area contributed by atoms with E-state index in [1.54, 1.807) is 66.9 Å². The van der Waals surface area contributed by atoms with Crippen LogP contribution < -0.4 is 4.74 Å². The average molecular weight is 586 g/mol. The molecule has 3 aromatic heterocycles. The van der Waals surface area contributed by atoms with Crippen LogP contribution in [-0.4, -0.2) is 25.6 Å². The fourth-order valence-corrected chi connectivity index (χ4v) is 4.80. The number of aromatic nitrogens is 3. The maximum atomic E-state index is 15.5. The zero-order chi connectivity index (χ0) is 29.2. The largest absolute Gasteiger partial charge is 0.478 e. The van der Waals surface area contributed by atoms with E-state index < -0.39 is 17.6 Å². The summed E-state index contributed by atoms with van der Waals surface area (Å²) in [5, 5.41) is 9.77. The van der Waals surface area contributed by atoms with E-state index in [0.29, 0.717) is 56.6 Å². The first-order valence-corrected chi connectivity index (χ1v) is 13.3. The normalized spacial score (nSPS) is 11.2. The lowest BCUT2D eigenvalue weighted by molar-refractivity contribution is 0.0697. The van der Waals surface area contributed by atoms with Gasteiger partial charge in [0.2, 0.25) is 5.88 Å². The molecule has 1 N–H and O–H groups in total. The summed E-state index contributed by atoms with van der Waals surface area (Å²) >= 11 is 5.81. The predicted octanol–water partition coefficient (Wildman–Crippen LogP) is 7.54. The van der Waals surface area contributed by atoms with Crippen molar-refractivity contribution in [3.05, 3.63) is 136 Å². The smallest absolute Gasteiger partial charge is 0.335 e. The Balaban J connectivity index is 1.26. The molecule has 0 aliphatic rings. The first-order valence-electron chi connectivity index (χ1n) is 12.9. The lowest BCUT2D eigenvalue weighted by Gasteiger charge is -2.11. The standard InChI is InChI=1S/C32H22ClF2N3O4/c33-23-10-8-22(26(35)16-23)18-42-31-5-1-4-27(37-31)20-7-6-19(25(34)13-20)15-30-36-28-11-9-21(32(39)40)14-29(28)38(30)17-24-3-2-12-41-24/h1-14,16H,15,17-18H2,(H,39,40). The van der Waals surface area contributed by atoms with Crippen LogP contribution in [0.5, 0.6) is 5.88 Å². The monoisotopic (exact) mass is 585 g/mol. The summed E-state index contributed by atoms with van der Waals surface area (Å²) in [5.41, 5.74) is 3.09. The summed E-state index contributed by atoms with van der Waals surface area (Å²) in [6.07, 6.45) is 1.71. The van der Waals surface area contributed by atoms with Crippen LogP contribution >= 0.6 is 11.6 Å². The second-order valence-corrected chi connectivity index (χ2v) is 10.0. The molecule has 0 bridgehead atoms. The Morgan fingerprint density at radius 1 is 0.929 bits per heavy atom. The fraction of sp³-hybridized carbons (Fsp3) is 0.0938. The minimum Gasteiger partial charge on any atom is -0.478 e. The molecule has 6 aromatic rings. The fourth-order valence-electron chi connectivity index (χ4n) is 4.64. The van der Waals surface area contributed by atoms with Gasteiger partial charge in [-0.25, -0.2) is 23.5 Å². The summed E-state index contributed by atoms with van der Waals surface area (Å²) in [4.78, 5) is 20.7. The minimum atomic E-state index is -1.05. The van der Waals surface area contributed by atoms with Crippen molar-refractivity contribution in [1.29, 1.82) is 0 Å². The van der Waals surface area contributed by atoms with Crippen molar-refractivity contribution in [2.24, 2.45) is 0 Å². The van der Waals surface area contributed by atoms with E-state index in [-0.39, 0.29) is 24.5 Å². The number of carbonyl (C=O) groups is 1. The van der Waals surface area contributed by atoms with E-state index >= 15 is 4.39 Å². The van der Waals surface area contributed by atoms with Gasteiger partial charge in [-0.1, -0.05) is 35.9 Å². The van der Waals surface area contributed by atoms with Gasteiger partial charge in [-0.3, -0.25) is 0 Å². The number of carboxylic acids is 1. The SMILES string of the molecule is O=C(O)c1ccc2nc(Cc3ccc(-c4cccc(OCc5ccc(Cl)cc5F)n4)cc3F)n(Cc3ccco3)c2c1. The lowest BCUT2D eigenvalue weighted by atomic mass is 10.1. The van der Waals surface area contributed by atoms with Crippen LogP contribution in [0, 0.1) is 11.6 Å². The van der Waals surface area contributed by atoms with Crippen LogP contribution in [0.1, 0.15) is 33.1 Å². The number of fused-ring (bicyclic) bond motifs is 1. The molecule has 0 spiro atoms. The molecule has 3 heterocycles. The highest BCUT2D eigenvalue weighted by molar-refractivity contribution is 6.30. The van der Waals surface area contributed by atoms with Crippen LogP contribution in [0.2, 0.25) is 5.02 Å². The number of carboxylic acid groups (broad SMARTS) is 1. The van der Waals surface area contributed by atoms with E-state index in [1.165, 1.54) is 18.2 Å². The van der Waals surface area contributed by atoms with Gasteiger partial charge in [0.05, 0.1) is 35.1 Å². The molecule has 10 heteroatoms. The molecule has 0 radical (unpaired) electrons. The highest BCUT2D eigenvalue weighted by Gasteiger charge is 2.17. The number of furan rings is 1. The zero-order valence-corrected chi connectivity index (χ0v) is 22.7. The van der Waals surface area contributed by atoms with E-state index in [2.05, 4.69) is 9.97 Å². The molecule has 210 valence electrons. The molecular weight excluding hydrogens is 564 g/mol. The Morgan fingerprint density at radius 2 is 1.76 bits per heavy atom.